The van der Waals surface area contributed by atoms with Gasteiger partial charge in [-0.15, -0.1) is 0 Å². The molecule has 142 valence electrons. The average molecular weight is 376 g/mol. The molecule has 0 aromatic heterocycles. The summed E-state index contributed by atoms with van der Waals surface area (Å²) < 4.78 is 0. The quantitative estimate of drug-likeness (QED) is 0.812. The Kier molecular flexibility index (Phi) is 5.27. The van der Waals surface area contributed by atoms with Crippen LogP contribution in [0.4, 0.5) is 0 Å². The minimum absolute atomic E-state index is 0.295. The largest absolute Gasteiger partial charge is 0.341 e. The van der Waals surface area contributed by atoms with E-state index in [4.69, 9.17) is 11.6 Å². The van der Waals surface area contributed by atoms with E-state index in [-0.39, 0.29) is 0 Å². The molecule has 1 aromatic rings. The van der Waals surface area contributed by atoms with Crippen molar-refractivity contribution in [3.63, 3.8) is 0 Å². The molecule has 1 amide bonds. The van der Waals surface area contributed by atoms with Gasteiger partial charge in [0.15, 0.2) is 0 Å². The highest BCUT2D eigenvalue weighted by Crippen LogP contribution is 2.60. The number of hydrogen-bond acceptors (Lipinski definition) is 3. The van der Waals surface area contributed by atoms with Crippen LogP contribution in [0.25, 0.3) is 0 Å². The maximum atomic E-state index is 13.0. The number of hydrogen-bond donors (Lipinski definition) is 0. The van der Waals surface area contributed by atoms with Gasteiger partial charge in [0, 0.05) is 37.1 Å². The number of piperidine rings is 1. The molecule has 3 fully saturated rings. The van der Waals surface area contributed by atoms with Crippen molar-refractivity contribution in [2.75, 3.05) is 46.3 Å². The van der Waals surface area contributed by atoms with Gasteiger partial charge in [-0.3, -0.25) is 9.69 Å². The first kappa shape index (κ1) is 18.3. The Morgan fingerprint density at radius 1 is 1.08 bits per heavy atom. The Balaban J connectivity index is 1.28. The second-order valence-corrected chi connectivity index (χ2v) is 8.94. The minimum Gasteiger partial charge on any atom is -0.341 e. The number of nitrogens with zero attached hydrogens (tertiary/aromatic N) is 3. The molecule has 0 N–H and O–H groups in total. The number of rotatable bonds is 3. The summed E-state index contributed by atoms with van der Waals surface area (Å²) in [6.45, 7) is 7.18. The first-order valence-electron chi connectivity index (χ1n) is 10.00. The van der Waals surface area contributed by atoms with Crippen molar-refractivity contribution in [3.05, 3.63) is 34.9 Å². The summed E-state index contributed by atoms with van der Waals surface area (Å²) in [4.78, 5) is 20.0. The van der Waals surface area contributed by atoms with Crippen LogP contribution in [0, 0.1) is 11.3 Å². The highest BCUT2D eigenvalue weighted by atomic mass is 35.5. The van der Waals surface area contributed by atoms with Gasteiger partial charge in [-0.1, -0.05) is 23.7 Å². The molecule has 5 heteroatoms. The highest BCUT2D eigenvalue weighted by molar-refractivity contribution is 6.30. The number of likely N-dealkylation sites (tertiary alicyclic amines) is 1. The van der Waals surface area contributed by atoms with Gasteiger partial charge in [0.1, 0.15) is 0 Å². The van der Waals surface area contributed by atoms with Crippen molar-refractivity contribution in [1.29, 1.82) is 0 Å². The number of amides is 1. The summed E-state index contributed by atoms with van der Waals surface area (Å²) in [5, 5.41) is 0.797. The number of likely N-dealkylation sites (N-methyl/N-ethyl adjacent to an activating group) is 1. The molecule has 1 saturated carbocycles. The molecule has 2 saturated heterocycles. The van der Waals surface area contributed by atoms with E-state index in [1.807, 2.05) is 12.1 Å². The normalized spacial score (nSPS) is 26.7. The van der Waals surface area contributed by atoms with Crippen LogP contribution in [-0.2, 0) is 11.3 Å². The van der Waals surface area contributed by atoms with E-state index >= 15 is 0 Å². The smallest absolute Gasteiger partial charge is 0.226 e. The van der Waals surface area contributed by atoms with E-state index in [1.54, 1.807) is 0 Å². The Labute approximate surface area is 162 Å². The predicted molar refractivity (Wildman–Crippen MR) is 105 cm³/mol. The van der Waals surface area contributed by atoms with Crippen LogP contribution in [0.2, 0.25) is 5.02 Å². The van der Waals surface area contributed by atoms with E-state index in [9.17, 15) is 4.79 Å². The molecular formula is C21H30ClN3O. The van der Waals surface area contributed by atoms with Gasteiger partial charge in [-0.2, -0.15) is 0 Å². The fourth-order valence-electron chi connectivity index (χ4n) is 4.74. The zero-order valence-electron chi connectivity index (χ0n) is 15.8. The number of halogens is 1. The van der Waals surface area contributed by atoms with Gasteiger partial charge in [-0.25, -0.2) is 0 Å². The molecule has 26 heavy (non-hydrogen) atoms. The zero-order chi connectivity index (χ0) is 18.1. The Morgan fingerprint density at radius 2 is 1.81 bits per heavy atom. The molecule has 0 bridgehead atoms. The lowest BCUT2D eigenvalue weighted by Crippen LogP contribution is -2.39. The Bertz CT molecular complexity index is 639. The molecule has 1 unspecified atom stereocenters. The molecule has 2 aliphatic heterocycles. The SMILES string of the molecule is CN1CCCN(C(=O)C2CC23CCN(Cc2ccc(Cl)cc2)CC3)CC1. The van der Waals surface area contributed by atoms with Crippen molar-refractivity contribution in [3.8, 4) is 0 Å². The van der Waals surface area contributed by atoms with Gasteiger partial charge in [0.05, 0.1) is 0 Å². The fraction of sp³-hybridized carbons (Fsp3) is 0.667. The fourth-order valence-corrected chi connectivity index (χ4v) is 4.87. The molecule has 1 atom stereocenters. The molecule has 4 nitrogen and oxygen atoms in total. The van der Waals surface area contributed by atoms with Crippen LogP contribution in [0.1, 0.15) is 31.2 Å². The summed E-state index contributed by atoms with van der Waals surface area (Å²) >= 11 is 5.98. The third-order valence-electron chi connectivity index (χ3n) is 6.69. The first-order chi connectivity index (χ1) is 12.6. The van der Waals surface area contributed by atoms with Crippen LogP contribution >= 0.6 is 11.6 Å². The lowest BCUT2D eigenvalue weighted by atomic mass is 9.90. The van der Waals surface area contributed by atoms with Crippen LogP contribution in [0.3, 0.4) is 0 Å². The average Bonchev–Trinajstić information content (AvgIpc) is 3.38. The summed E-state index contributed by atoms with van der Waals surface area (Å²) in [6.07, 6.45) is 4.57. The zero-order valence-corrected chi connectivity index (χ0v) is 16.5. The summed E-state index contributed by atoms with van der Waals surface area (Å²) in [5.41, 5.74) is 1.63. The monoisotopic (exact) mass is 375 g/mol. The second-order valence-electron chi connectivity index (χ2n) is 8.50. The maximum Gasteiger partial charge on any atom is 0.226 e. The van der Waals surface area contributed by atoms with Crippen molar-refractivity contribution in [2.24, 2.45) is 11.3 Å². The third-order valence-corrected chi connectivity index (χ3v) is 6.94. The van der Waals surface area contributed by atoms with Crippen LogP contribution in [0.5, 0.6) is 0 Å². The summed E-state index contributed by atoms with van der Waals surface area (Å²) in [7, 11) is 2.16. The lowest BCUT2D eigenvalue weighted by Gasteiger charge is -2.33. The van der Waals surface area contributed by atoms with Crippen molar-refractivity contribution in [1.82, 2.24) is 14.7 Å². The van der Waals surface area contributed by atoms with Crippen LogP contribution in [-0.4, -0.2) is 66.9 Å². The molecular weight excluding hydrogens is 346 g/mol. The maximum absolute atomic E-state index is 13.0. The van der Waals surface area contributed by atoms with Crippen LogP contribution < -0.4 is 0 Å². The van der Waals surface area contributed by atoms with Crippen LogP contribution in [0.15, 0.2) is 24.3 Å². The number of carbonyl (C=O) groups is 1. The van der Waals surface area contributed by atoms with E-state index in [1.165, 1.54) is 18.4 Å². The van der Waals surface area contributed by atoms with Gasteiger partial charge >= 0.3 is 0 Å². The van der Waals surface area contributed by atoms with Gasteiger partial charge in [-0.05, 0) is 75.5 Å². The topological polar surface area (TPSA) is 26.8 Å². The summed E-state index contributed by atoms with van der Waals surface area (Å²) in [5.74, 6) is 0.732. The Morgan fingerprint density at radius 3 is 2.54 bits per heavy atom. The van der Waals surface area contributed by atoms with Crippen molar-refractivity contribution >= 4 is 17.5 Å². The van der Waals surface area contributed by atoms with E-state index in [2.05, 4.69) is 33.9 Å². The molecule has 0 radical (unpaired) electrons. The minimum atomic E-state index is 0.295. The second kappa shape index (κ2) is 7.49. The highest BCUT2D eigenvalue weighted by Gasteiger charge is 2.59. The summed E-state index contributed by atoms with van der Waals surface area (Å²) in [6, 6.07) is 8.17. The number of benzene rings is 1. The Hall–Kier alpha value is -1.10. The predicted octanol–water partition coefficient (Wildman–Crippen LogP) is 3.11. The van der Waals surface area contributed by atoms with Crippen molar-refractivity contribution < 1.29 is 4.79 Å². The molecule has 1 spiro atoms. The van der Waals surface area contributed by atoms with Gasteiger partial charge < -0.3 is 9.80 Å². The van der Waals surface area contributed by atoms with E-state index in [0.717, 1.165) is 63.7 Å². The molecule has 3 aliphatic rings. The van der Waals surface area contributed by atoms with E-state index in [0.29, 0.717) is 17.2 Å². The lowest BCUT2D eigenvalue weighted by molar-refractivity contribution is -0.133. The van der Waals surface area contributed by atoms with Gasteiger partial charge in [0.25, 0.3) is 0 Å². The standard InChI is InChI=1S/C21H30ClN3O/c1-23-9-2-10-25(14-13-23)20(26)19-15-21(19)7-11-24(12-8-21)16-17-3-5-18(22)6-4-17/h3-6,19H,2,7-16H2,1H3. The van der Waals surface area contributed by atoms with Crippen molar-refractivity contribution in [2.45, 2.75) is 32.2 Å². The molecule has 2 heterocycles. The molecule has 4 rings (SSSR count). The first-order valence-corrected chi connectivity index (χ1v) is 10.4. The molecule has 1 aromatic carbocycles. The molecule has 1 aliphatic carbocycles. The van der Waals surface area contributed by atoms with E-state index < -0.39 is 0 Å². The third kappa shape index (κ3) is 3.92. The van der Waals surface area contributed by atoms with Gasteiger partial charge in [0.2, 0.25) is 5.91 Å². The number of carbonyl (C=O) groups excluding carboxylic acids is 1.